The quantitative estimate of drug-likeness (QED) is 0.852. The van der Waals surface area contributed by atoms with E-state index in [9.17, 15) is 0 Å². The highest BCUT2D eigenvalue weighted by atomic mass is 32.1. The molecule has 1 aliphatic rings. The Morgan fingerprint density at radius 2 is 2.38 bits per heavy atom. The molecule has 0 saturated carbocycles. The van der Waals surface area contributed by atoms with Crippen LogP contribution in [-0.2, 0) is 0 Å². The summed E-state index contributed by atoms with van der Waals surface area (Å²) in [6.45, 7) is 7.54. The van der Waals surface area contributed by atoms with Gasteiger partial charge in [0.25, 0.3) is 0 Å². The molecular formula is C11H20N4S. The summed E-state index contributed by atoms with van der Waals surface area (Å²) >= 11 is 1.70. The molecule has 4 nitrogen and oxygen atoms in total. The van der Waals surface area contributed by atoms with E-state index in [2.05, 4.69) is 27.3 Å². The number of nitrogens with one attached hydrogen (secondary N) is 1. The fourth-order valence-electron chi connectivity index (χ4n) is 2.13. The molecule has 0 aliphatic carbocycles. The zero-order valence-electron chi connectivity index (χ0n) is 10.1. The highest BCUT2D eigenvalue weighted by Gasteiger charge is 2.19. The molecule has 16 heavy (non-hydrogen) atoms. The molecule has 2 rings (SSSR count). The van der Waals surface area contributed by atoms with Gasteiger partial charge in [-0.1, -0.05) is 18.3 Å². The third-order valence-electron chi connectivity index (χ3n) is 2.88. The zero-order valence-corrected chi connectivity index (χ0v) is 10.9. The smallest absolute Gasteiger partial charge is 0.208 e. The van der Waals surface area contributed by atoms with Crippen molar-refractivity contribution in [3.05, 3.63) is 5.01 Å². The first-order valence-electron chi connectivity index (χ1n) is 6.08. The highest BCUT2D eigenvalue weighted by molar-refractivity contribution is 7.15. The maximum Gasteiger partial charge on any atom is 0.208 e. The molecule has 5 heteroatoms. The van der Waals surface area contributed by atoms with Gasteiger partial charge in [0.1, 0.15) is 5.01 Å². The lowest BCUT2D eigenvalue weighted by Crippen LogP contribution is -2.38. The molecule has 1 aromatic rings. The number of anilines is 1. The second-order valence-electron chi connectivity index (χ2n) is 4.34. The molecule has 1 aliphatic heterocycles. The molecule has 0 amide bonds. The largest absolute Gasteiger partial charge is 0.345 e. The maximum atomic E-state index is 4.24. The molecule has 1 atom stereocenters. The van der Waals surface area contributed by atoms with Gasteiger partial charge in [0.2, 0.25) is 5.13 Å². The third kappa shape index (κ3) is 2.92. The molecule has 0 aromatic carbocycles. The van der Waals surface area contributed by atoms with Crippen LogP contribution in [0.1, 0.15) is 31.2 Å². The normalized spacial score (nSPS) is 20.2. The molecule has 2 heterocycles. The Morgan fingerprint density at radius 3 is 2.94 bits per heavy atom. The Kier molecular flexibility index (Phi) is 4.12. The van der Waals surface area contributed by atoms with E-state index in [1.165, 1.54) is 19.4 Å². The molecule has 1 unspecified atom stereocenters. The van der Waals surface area contributed by atoms with Crippen LogP contribution < -0.4 is 10.2 Å². The molecule has 90 valence electrons. The molecule has 1 aromatic heterocycles. The second-order valence-corrected chi connectivity index (χ2v) is 5.50. The topological polar surface area (TPSA) is 41.0 Å². The van der Waals surface area contributed by atoms with Gasteiger partial charge in [-0.05, 0) is 32.7 Å². The Hall–Kier alpha value is -0.680. The molecular weight excluding hydrogens is 220 g/mol. The standard InChI is InChI=1S/C11H20N4S/c1-3-7-15(8-10-5-4-6-12-10)11-14-13-9(2)16-11/h10,12H,3-8H2,1-2H3. The molecule has 1 saturated heterocycles. The fourth-order valence-corrected chi connectivity index (χ4v) is 2.85. The van der Waals surface area contributed by atoms with Gasteiger partial charge in [0.15, 0.2) is 0 Å². The lowest BCUT2D eigenvalue weighted by atomic mass is 10.2. The number of hydrogen-bond donors (Lipinski definition) is 1. The first kappa shape index (κ1) is 11.8. The molecule has 1 fully saturated rings. The van der Waals surface area contributed by atoms with Crippen molar-refractivity contribution in [3.63, 3.8) is 0 Å². The van der Waals surface area contributed by atoms with Crippen LogP contribution in [0.15, 0.2) is 0 Å². The van der Waals surface area contributed by atoms with Gasteiger partial charge in [0.05, 0.1) is 0 Å². The Morgan fingerprint density at radius 1 is 1.50 bits per heavy atom. The number of aryl methyl sites for hydroxylation is 1. The van der Waals surface area contributed by atoms with Crippen molar-refractivity contribution in [3.8, 4) is 0 Å². The molecule has 0 bridgehead atoms. The first-order chi connectivity index (χ1) is 7.79. The molecule has 0 radical (unpaired) electrons. The number of hydrogen-bond acceptors (Lipinski definition) is 5. The van der Waals surface area contributed by atoms with Crippen LogP contribution in [0.3, 0.4) is 0 Å². The van der Waals surface area contributed by atoms with Crippen molar-refractivity contribution in [2.24, 2.45) is 0 Å². The Balaban J connectivity index is 1.98. The summed E-state index contributed by atoms with van der Waals surface area (Å²) in [5.74, 6) is 0. The summed E-state index contributed by atoms with van der Waals surface area (Å²) in [6.07, 6.45) is 3.75. The fraction of sp³-hybridized carbons (Fsp3) is 0.818. The van der Waals surface area contributed by atoms with E-state index in [1.807, 2.05) is 6.92 Å². The average Bonchev–Trinajstić information content (AvgIpc) is 2.88. The minimum atomic E-state index is 0.635. The Labute approximate surface area is 101 Å². The number of rotatable bonds is 5. The summed E-state index contributed by atoms with van der Waals surface area (Å²) in [4.78, 5) is 2.37. The molecule has 1 N–H and O–H groups in total. The van der Waals surface area contributed by atoms with Crippen molar-refractivity contribution in [2.75, 3.05) is 24.5 Å². The van der Waals surface area contributed by atoms with Crippen molar-refractivity contribution >= 4 is 16.5 Å². The van der Waals surface area contributed by atoms with Crippen LogP contribution in [0, 0.1) is 6.92 Å². The lowest BCUT2D eigenvalue weighted by Gasteiger charge is -2.24. The van der Waals surface area contributed by atoms with Crippen LogP contribution in [-0.4, -0.2) is 35.9 Å². The average molecular weight is 240 g/mol. The Bertz CT molecular complexity index is 320. The highest BCUT2D eigenvalue weighted by Crippen LogP contribution is 2.21. The minimum Gasteiger partial charge on any atom is -0.345 e. The van der Waals surface area contributed by atoms with Gasteiger partial charge >= 0.3 is 0 Å². The van der Waals surface area contributed by atoms with Gasteiger partial charge in [0, 0.05) is 19.1 Å². The summed E-state index contributed by atoms with van der Waals surface area (Å²) in [6, 6.07) is 0.635. The maximum absolute atomic E-state index is 4.24. The monoisotopic (exact) mass is 240 g/mol. The second kappa shape index (κ2) is 5.59. The van der Waals surface area contributed by atoms with E-state index < -0.39 is 0 Å². The van der Waals surface area contributed by atoms with Crippen molar-refractivity contribution in [1.29, 1.82) is 0 Å². The van der Waals surface area contributed by atoms with E-state index in [1.54, 1.807) is 11.3 Å². The van der Waals surface area contributed by atoms with E-state index in [0.717, 1.165) is 29.6 Å². The minimum absolute atomic E-state index is 0.635. The van der Waals surface area contributed by atoms with Gasteiger partial charge in [-0.3, -0.25) is 0 Å². The summed E-state index contributed by atoms with van der Waals surface area (Å²) in [7, 11) is 0. The number of nitrogens with zero attached hydrogens (tertiary/aromatic N) is 3. The zero-order chi connectivity index (χ0) is 11.4. The van der Waals surface area contributed by atoms with Crippen LogP contribution in [0.25, 0.3) is 0 Å². The van der Waals surface area contributed by atoms with E-state index in [0.29, 0.717) is 6.04 Å². The van der Waals surface area contributed by atoms with Crippen molar-refractivity contribution in [2.45, 2.75) is 39.2 Å². The van der Waals surface area contributed by atoms with Crippen LogP contribution in [0.5, 0.6) is 0 Å². The number of aromatic nitrogens is 2. The predicted octanol–water partition coefficient (Wildman–Crippen LogP) is 1.81. The lowest BCUT2D eigenvalue weighted by molar-refractivity contribution is 0.576. The van der Waals surface area contributed by atoms with Gasteiger partial charge in [-0.25, -0.2) is 0 Å². The summed E-state index contributed by atoms with van der Waals surface area (Å²) in [5.41, 5.74) is 0. The van der Waals surface area contributed by atoms with Gasteiger partial charge in [-0.2, -0.15) is 0 Å². The summed E-state index contributed by atoms with van der Waals surface area (Å²) < 4.78 is 0. The SMILES string of the molecule is CCCN(CC1CCCN1)c1nnc(C)s1. The van der Waals surface area contributed by atoms with Crippen molar-refractivity contribution < 1.29 is 0 Å². The van der Waals surface area contributed by atoms with Gasteiger partial charge in [-0.15, -0.1) is 10.2 Å². The van der Waals surface area contributed by atoms with Crippen LogP contribution >= 0.6 is 11.3 Å². The van der Waals surface area contributed by atoms with E-state index >= 15 is 0 Å². The van der Waals surface area contributed by atoms with E-state index in [-0.39, 0.29) is 0 Å². The van der Waals surface area contributed by atoms with Crippen LogP contribution in [0.4, 0.5) is 5.13 Å². The third-order valence-corrected chi connectivity index (χ3v) is 3.78. The van der Waals surface area contributed by atoms with E-state index in [4.69, 9.17) is 0 Å². The first-order valence-corrected chi connectivity index (χ1v) is 6.89. The van der Waals surface area contributed by atoms with Crippen molar-refractivity contribution in [1.82, 2.24) is 15.5 Å². The predicted molar refractivity (Wildman–Crippen MR) is 68.2 cm³/mol. The van der Waals surface area contributed by atoms with Gasteiger partial charge < -0.3 is 10.2 Å². The molecule has 0 spiro atoms. The van der Waals surface area contributed by atoms with Crippen LogP contribution in [0.2, 0.25) is 0 Å². The summed E-state index contributed by atoms with van der Waals surface area (Å²) in [5, 5.41) is 14.0.